The smallest absolute Gasteiger partial charge is 0.0960 e. The fourth-order valence-electron chi connectivity index (χ4n) is 0.693. The Morgan fingerprint density at radius 3 is 2.73 bits per heavy atom. The number of hydrogen-bond donors (Lipinski definition) is 0. The molecule has 0 aliphatic rings. The fraction of sp³-hybridized carbons (Fsp3) is 0.250. The van der Waals surface area contributed by atoms with E-state index >= 15 is 0 Å². The van der Waals surface area contributed by atoms with Gasteiger partial charge in [0.05, 0.1) is 9.89 Å². The van der Waals surface area contributed by atoms with Crippen LogP contribution in [0.2, 0.25) is 0 Å². The molecule has 0 N–H and O–H groups in total. The number of pyridine rings is 1. The van der Waals surface area contributed by atoms with Crippen molar-refractivity contribution in [1.82, 2.24) is 4.98 Å². The van der Waals surface area contributed by atoms with Gasteiger partial charge in [-0.3, -0.25) is 4.98 Å². The minimum Gasteiger partial charge on any atom is -0.255 e. The lowest BCUT2D eigenvalue weighted by Crippen LogP contribution is -1.94. The second-order valence-corrected chi connectivity index (χ2v) is 3.70. The molecule has 0 fully saturated rings. The van der Waals surface area contributed by atoms with Crippen molar-refractivity contribution < 1.29 is 0 Å². The molecule has 1 aromatic rings. The van der Waals surface area contributed by atoms with Crippen LogP contribution in [-0.2, 0) is 0 Å². The molecule has 0 unspecified atom stereocenters. The number of thiocarbonyl (C=S) groups is 1. The zero-order chi connectivity index (χ0) is 8.27. The molecule has 3 heteroatoms. The zero-order valence-corrected chi connectivity index (χ0v) is 8.13. The normalized spacial score (nSPS) is 9.64. The Balaban J connectivity index is 2.90. The van der Waals surface area contributed by atoms with E-state index < -0.39 is 0 Å². The van der Waals surface area contributed by atoms with Crippen LogP contribution in [-0.4, -0.2) is 15.4 Å². The third-order valence-corrected chi connectivity index (χ3v) is 2.59. The van der Waals surface area contributed by atoms with Gasteiger partial charge in [-0.1, -0.05) is 18.3 Å². The topological polar surface area (TPSA) is 12.9 Å². The summed E-state index contributed by atoms with van der Waals surface area (Å²) in [6, 6.07) is 3.97. The highest BCUT2D eigenvalue weighted by molar-refractivity contribution is 8.23. The van der Waals surface area contributed by atoms with Crippen LogP contribution >= 0.6 is 24.0 Å². The average Bonchev–Trinajstić information content (AvgIpc) is 2.05. The van der Waals surface area contributed by atoms with Gasteiger partial charge in [0.25, 0.3) is 0 Å². The summed E-state index contributed by atoms with van der Waals surface area (Å²) in [4.78, 5) is 4.19. The van der Waals surface area contributed by atoms with Crippen LogP contribution in [0.4, 0.5) is 0 Å². The molecule has 1 heterocycles. The van der Waals surface area contributed by atoms with Gasteiger partial charge in [0.15, 0.2) is 0 Å². The first-order valence-electron chi connectivity index (χ1n) is 3.25. The van der Waals surface area contributed by atoms with Crippen molar-refractivity contribution in [3.8, 4) is 0 Å². The Morgan fingerprint density at radius 1 is 1.55 bits per heavy atom. The largest absolute Gasteiger partial charge is 0.255 e. The van der Waals surface area contributed by atoms with Crippen molar-refractivity contribution in [3.05, 3.63) is 29.6 Å². The lowest BCUT2D eigenvalue weighted by Gasteiger charge is -1.98. The maximum atomic E-state index is 5.07. The summed E-state index contributed by atoms with van der Waals surface area (Å²) < 4.78 is 0.852. The molecule has 0 aliphatic heterocycles. The number of rotatable bonds is 1. The van der Waals surface area contributed by atoms with E-state index in [9.17, 15) is 0 Å². The van der Waals surface area contributed by atoms with Crippen molar-refractivity contribution in [2.45, 2.75) is 6.92 Å². The molecule has 0 amide bonds. The zero-order valence-electron chi connectivity index (χ0n) is 6.50. The van der Waals surface area contributed by atoms with Crippen molar-refractivity contribution in [2.24, 2.45) is 0 Å². The van der Waals surface area contributed by atoms with Crippen molar-refractivity contribution in [1.29, 1.82) is 0 Å². The summed E-state index contributed by atoms with van der Waals surface area (Å²) in [5.74, 6) is 0. The van der Waals surface area contributed by atoms with Crippen LogP contribution in [0.25, 0.3) is 0 Å². The lowest BCUT2D eigenvalue weighted by molar-refractivity contribution is 1.25. The minimum atomic E-state index is 0.852. The van der Waals surface area contributed by atoms with Crippen LogP contribution in [0.5, 0.6) is 0 Å². The molecule has 11 heavy (non-hydrogen) atoms. The first-order chi connectivity index (χ1) is 5.24. The van der Waals surface area contributed by atoms with Crippen LogP contribution in [0.1, 0.15) is 11.3 Å². The Morgan fingerprint density at radius 2 is 2.27 bits per heavy atom. The van der Waals surface area contributed by atoms with Gasteiger partial charge in [-0.25, -0.2) is 0 Å². The summed E-state index contributed by atoms with van der Waals surface area (Å²) >= 11 is 6.62. The molecule has 0 spiro atoms. The van der Waals surface area contributed by atoms with E-state index in [-0.39, 0.29) is 0 Å². The SMILES string of the molecule is CSC(=S)c1ccc(C)cn1. The molecular weight excluding hydrogens is 174 g/mol. The van der Waals surface area contributed by atoms with Gasteiger partial charge in [0.1, 0.15) is 0 Å². The average molecular weight is 183 g/mol. The van der Waals surface area contributed by atoms with Crippen molar-refractivity contribution in [3.63, 3.8) is 0 Å². The molecule has 0 radical (unpaired) electrons. The Bertz CT molecular complexity index is 253. The highest BCUT2D eigenvalue weighted by Gasteiger charge is 1.98. The number of aromatic nitrogens is 1. The summed E-state index contributed by atoms with van der Waals surface area (Å²) in [5, 5.41) is 0. The Kier molecular flexibility index (Phi) is 3.02. The number of aryl methyl sites for hydroxylation is 1. The first kappa shape index (κ1) is 8.68. The van der Waals surface area contributed by atoms with Crippen LogP contribution < -0.4 is 0 Å². The number of nitrogens with zero attached hydrogens (tertiary/aromatic N) is 1. The maximum Gasteiger partial charge on any atom is 0.0960 e. The van der Waals surface area contributed by atoms with E-state index in [1.54, 1.807) is 11.8 Å². The summed E-state index contributed by atoms with van der Waals surface area (Å²) in [6.07, 6.45) is 3.79. The van der Waals surface area contributed by atoms with Crippen molar-refractivity contribution >= 4 is 28.2 Å². The lowest BCUT2D eigenvalue weighted by atomic mass is 10.3. The predicted molar refractivity (Wildman–Crippen MR) is 54.2 cm³/mol. The van der Waals surface area contributed by atoms with E-state index in [4.69, 9.17) is 12.2 Å². The van der Waals surface area contributed by atoms with Crippen LogP contribution in [0.3, 0.4) is 0 Å². The van der Waals surface area contributed by atoms with Gasteiger partial charge < -0.3 is 0 Å². The van der Waals surface area contributed by atoms with Gasteiger partial charge >= 0.3 is 0 Å². The van der Waals surface area contributed by atoms with E-state index in [0.717, 1.165) is 15.5 Å². The van der Waals surface area contributed by atoms with Gasteiger partial charge in [-0.05, 0) is 24.8 Å². The molecule has 1 nitrogen and oxygen atoms in total. The van der Waals surface area contributed by atoms with Gasteiger partial charge in [0, 0.05) is 6.20 Å². The van der Waals surface area contributed by atoms with Gasteiger partial charge in [-0.2, -0.15) is 0 Å². The third kappa shape index (κ3) is 2.27. The molecule has 0 aromatic carbocycles. The highest BCUT2D eigenvalue weighted by atomic mass is 32.2. The van der Waals surface area contributed by atoms with E-state index in [1.807, 2.05) is 31.5 Å². The minimum absolute atomic E-state index is 0.852. The predicted octanol–water partition coefficient (Wildman–Crippen LogP) is 2.43. The molecule has 0 saturated carbocycles. The fourth-order valence-corrected chi connectivity index (χ4v) is 1.14. The van der Waals surface area contributed by atoms with Crippen LogP contribution in [0.15, 0.2) is 18.3 Å². The molecule has 0 saturated heterocycles. The van der Waals surface area contributed by atoms with Crippen LogP contribution in [0, 0.1) is 6.92 Å². The molecule has 58 valence electrons. The summed E-state index contributed by atoms with van der Waals surface area (Å²) in [7, 11) is 0. The second kappa shape index (κ2) is 3.83. The second-order valence-electron chi connectivity index (χ2n) is 2.21. The molecule has 1 aromatic heterocycles. The third-order valence-electron chi connectivity index (χ3n) is 1.31. The molecule has 0 atom stereocenters. The standard InChI is InChI=1S/C8H9NS2/c1-6-3-4-7(9-5-6)8(10)11-2/h3-5H,1-2H3. The maximum absolute atomic E-state index is 5.07. The number of hydrogen-bond acceptors (Lipinski definition) is 3. The van der Waals surface area contributed by atoms with E-state index in [0.29, 0.717) is 0 Å². The Hall–Kier alpha value is -0.410. The monoisotopic (exact) mass is 183 g/mol. The quantitative estimate of drug-likeness (QED) is 0.621. The number of thioether (sulfide) groups is 1. The highest BCUT2D eigenvalue weighted by Crippen LogP contribution is 2.08. The van der Waals surface area contributed by atoms with Gasteiger partial charge in [0.2, 0.25) is 0 Å². The molecule has 0 aliphatic carbocycles. The Labute approximate surface area is 76.2 Å². The van der Waals surface area contributed by atoms with E-state index in [1.165, 1.54) is 0 Å². The molecular formula is C8H9NS2. The summed E-state index contributed by atoms with van der Waals surface area (Å²) in [5.41, 5.74) is 2.07. The molecule has 1 rings (SSSR count). The van der Waals surface area contributed by atoms with E-state index in [2.05, 4.69) is 4.98 Å². The van der Waals surface area contributed by atoms with Crippen molar-refractivity contribution in [2.75, 3.05) is 6.26 Å². The van der Waals surface area contributed by atoms with Gasteiger partial charge in [-0.15, -0.1) is 11.8 Å². The summed E-state index contributed by atoms with van der Waals surface area (Å²) in [6.45, 7) is 2.01. The first-order valence-corrected chi connectivity index (χ1v) is 4.88. The molecule has 0 bridgehead atoms.